The third kappa shape index (κ3) is 2.39. The van der Waals surface area contributed by atoms with Crippen LogP contribution in [0.4, 0.5) is 0 Å². The molecule has 2 heteroatoms. The topological polar surface area (TPSA) is 32.3 Å². The van der Waals surface area contributed by atoms with Gasteiger partial charge in [0.1, 0.15) is 0 Å². The smallest absolute Gasteiger partial charge is 0.0582 e. The zero-order chi connectivity index (χ0) is 10.7. The summed E-state index contributed by atoms with van der Waals surface area (Å²) in [5.74, 6) is 0. The maximum Gasteiger partial charge on any atom is 0.0582 e. The first kappa shape index (κ1) is 10.7. The predicted molar refractivity (Wildman–Crippen MR) is 61.8 cm³/mol. The highest BCUT2D eigenvalue weighted by Gasteiger charge is 2.20. The van der Waals surface area contributed by atoms with Gasteiger partial charge in [0.05, 0.1) is 6.61 Å². The van der Waals surface area contributed by atoms with E-state index in [1.54, 1.807) is 0 Å². The van der Waals surface area contributed by atoms with Crippen molar-refractivity contribution in [3.63, 3.8) is 0 Å². The van der Waals surface area contributed by atoms with Crippen LogP contribution in [0.25, 0.3) is 0 Å². The maximum atomic E-state index is 9.05. The van der Waals surface area contributed by atoms with E-state index in [-0.39, 0.29) is 12.6 Å². The molecule has 0 fully saturated rings. The molecule has 1 aromatic rings. The molecule has 0 radical (unpaired) electrons. The Bertz CT molecular complexity index is 324. The van der Waals surface area contributed by atoms with Crippen LogP contribution in [-0.2, 0) is 6.42 Å². The van der Waals surface area contributed by atoms with Crippen molar-refractivity contribution in [2.24, 2.45) is 0 Å². The SMILES string of the molecule is C[C@@H](CO)N[C@H]1CCCc2ccccc21. The van der Waals surface area contributed by atoms with E-state index in [2.05, 4.69) is 29.6 Å². The molecular weight excluding hydrogens is 186 g/mol. The monoisotopic (exact) mass is 205 g/mol. The van der Waals surface area contributed by atoms with Crippen molar-refractivity contribution < 1.29 is 5.11 Å². The number of nitrogens with one attached hydrogen (secondary N) is 1. The van der Waals surface area contributed by atoms with Gasteiger partial charge < -0.3 is 10.4 Å². The van der Waals surface area contributed by atoms with Crippen LogP contribution < -0.4 is 5.32 Å². The van der Waals surface area contributed by atoms with Gasteiger partial charge in [0.25, 0.3) is 0 Å². The number of rotatable bonds is 3. The van der Waals surface area contributed by atoms with Gasteiger partial charge >= 0.3 is 0 Å². The molecule has 0 bridgehead atoms. The third-order valence-electron chi connectivity index (χ3n) is 3.13. The summed E-state index contributed by atoms with van der Waals surface area (Å²) in [7, 11) is 0. The lowest BCUT2D eigenvalue weighted by Gasteiger charge is -2.28. The quantitative estimate of drug-likeness (QED) is 0.791. The summed E-state index contributed by atoms with van der Waals surface area (Å²) in [5, 5.41) is 12.5. The van der Waals surface area contributed by atoms with E-state index in [0.717, 1.165) is 0 Å². The normalized spacial score (nSPS) is 22.1. The largest absolute Gasteiger partial charge is 0.395 e. The van der Waals surface area contributed by atoms with Crippen molar-refractivity contribution in [2.75, 3.05) is 6.61 Å². The van der Waals surface area contributed by atoms with Crippen LogP contribution >= 0.6 is 0 Å². The van der Waals surface area contributed by atoms with E-state index in [0.29, 0.717) is 6.04 Å². The Balaban J connectivity index is 2.15. The molecule has 0 unspecified atom stereocenters. The molecule has 2 rings (SSSR count). The van der Waals surface area contributed by atoms with Gasteiger partial charge in [0.15, 0.2) is 0 Å². The van der Waals surface area contributed by atoms with Crippen LogP contribution in [0, 0.1) is 0 Å². The number of aliphatic hydroxyl groups excluding tert-OH is 1. The lowest BCUT2D eigenvalue weighted by molar-refractivity contribution is 0.236. The summed E-state index contributed by atoms with van der Waals surface area (Å²) in [6, 6.07) is 9.24. The third-order valence-corrected chi connectivity index (χ3v) is 3.13. The van der Waals surface area contributed by atoms with Gasteiger partial charge in [0, 0.05) is 12.1 Å². The summed E-state index contributed by atoms with van der Waals surface area (Å²) >= 11 is 0. The summed E-state index contributed by atoms with van der Waals surface area (Å²) in [4.78, 5) is 0. The van der Waals surface area contributed by atoms with Gasteiger partial charge in [-0.1, -0.05) is 24.3 Å². The van der Waals surface area contributed by atoms with Crippen LogP contribution in [0.5, 0.6) is 0 Å². The van der Waals surface area contributed by atoms with Gasteiger partial charge in [-0.3, -0.25) is 0 Å². The van der Waals surface area contributed by atoms with Crippen LogP contribution in [0.3, 0.4) is 0 Å². The lowest BCUT2D eigenvalue weighted by Crippen LogP contribution is -2.34. The Labute approximate surface area is 91.3 Å². The fourth-order valence-electron chi connectivity index (χ4n) is 2.32. The molecule has 1 aromatic carbocycles. The molecule has 0 aromatic heterocycles. The minimum Gasteiger partial charge on any atom is -0.395 e. The Morgan fingerprint density at radius 1 is 1.47 bits per heavy atom. The van der Waals surface area contributed by atoms with E-state index in [1.807, 2.05) is 6.92 Å². The summed E-state index contributed by atoms with van der Waals surface area (Å²) in [6.45, 7) is 2.23. The molecular formula is C13H19NO. The average molecular weight is 205 g/mol. The van der Waals surface area contributed by atoms with E-state index < -0.39 is 0 Å². The Kier molecular flexibility index (Phi) is 3.39. The first-order valence-corrected chi connectivity index (χ1v) is 5.76. The number of fused-ring (bicyclic) bond motifs is 1. The molecule has 0 saturated carbocycles. The average Bonchev–Trinajstić information content (AvgIpc) is 2.29. The first-order chi connectivity index (χ1) is 7.31. The van der Waals surface area contributed by atoms with Gasteiger partial charge in [-0.05, 0) is 37.3 Å². The van der Waals surface area contributed by atoms with Crippen molar-refractivity contribution in [3.8, 4) is 0 Å². The Hall–Kier alpha value is -0.860. The standard InChI is InChI=1S/C13H19NO/c1-10(9-15)14-13-8-4-6-11-5-2-3-7-12(11)13/h2-3,5,7,10,13-15H,4,6,8-9H2,1H3/t10-,13-/m0/s1. The molecule has 2 nitrogen and oxygen atoms in total. The van der Waals surface area contributed by atoms with Crippen LogP contribution in [0.15, 0.2) is 24.3 Å². The van der Waals surface area contributed by atoms with Crippen molar-refractivity contribution in [1.29, 1.82) is 0 Å². The number of benzene rings is 1. The second-order valence-electron chi connectivity index (χ2n) is 4.39. The molecule has 0 amide bonds. The minimum absolute atomic E-state index is 0.182. The van der Waals surface area contributed by atoms with Crippen LogP contribution in [0.2, 0.25) is 0 Å². The van der Waals surface area contributed by atoms with Gasteiger partial charge in [-0.2, -0.15) is 0 Å². The zero-order valence-electron chi connectivity index (χ0n) is 9.24. The Morgan fingerprint density at radius 3 is 3.07 bits per heavy atom. The van der Waals surface area contributed by atoms with E-state index >= 15 is 0 Å². The summed E-state index contributed by atoms with van der Waals surface area (Å²) in [5.41, 5.74) is 2.88. The number of aryl methyl sites for hydroxylation is 1. The molecule has 0 heterocycles. The predicted octanol–water partition coefficient (Wildman–Crippen LogP) is 2.03. The van der Waals surface area contributed by atoms with E-state index in [9.17, 15) is 0 Å². The summed E-state index contributed by atoms with van der Waals surface area (Å²) < 4.78 is 0. The van der Waals surface area contributed by atoms with Crippen molar-refractivity contribution >= 4 is 0 Å². The molecule has 0 spiro atoms. The molecule has 15 heavy (non-hydrogen) atoms. The molecule has 82 valence electrons. The molecule has 2 atom stereocenters. The van der Waals surface area contributed by atoms with Gasteiger partial charge in [-0.15, -0.1) is 0 Å². The fraction of sp³-hybridized carbons (Fsp3) is 0.538. The van der Waals surface area contributed by atoms with Crippen molar-refractivity contribution in [2.45, 2.75) is 38.3 Å². The highest BCUT2D eigenvalue weighted by Crippen LogP contribution is 2.29. The Morgan fingerprint density at radius 2 is 2.27 bits per heavy atom. The molecule has 2 N–H and O–H groups in total. The molecule has 1 aliphatic carbocycles. The summed E-state index contributed by atoms with van der Waals surface area (Å²) in [6.07, 6.45) is 3.62. The number of aliphatic hydroxyl groups is 1. The van der Waals surface area contributed by atoms with Gasteiger partial charge in [-0.25, -0.2) is 0 Å². The molecule has 0 saturated heterocycles. The van der Waals surface area contributed by atoms with E-state index in [1.165, 1.54) is 30.4 Å². The lowest BCUT2D eigenvalue weighted by atomic mass is 9.87. The molecule has 1 aliphatic rings. The minimum atomic E-state index is 0.182. The highest BCUT2D eigenvalue weighted by molar-refractivity contribution is 5.32. The van der Waals surface area contributed by atoms with Crippen molar-refractivity contribution in [3.05, 3.63) is 35.4 Å². The first-order valence-electron chi connectivity index (χ1n) is 5.76. The molecule has 0 aliphatic heterocycles. The van der Waals surface area contributed by atoms with Crippen molar-refractivity contribution in [1.82, 2.24) is 5.32 Å². The fourth-order valence-corrected chi connectivity index (χ4v) is 2.32. The second-order valence-corrected chi connectivity index (χ2v) is 4.39. The number of hydrogen-bond acceptors (Lipinski definition) is 2. The maximum absolute atomic E-state index is 9.05. The van der Waals surface area contributed by atoms with E-state index in [4.69, 9.17) is 5.11 Å². The highest BCUT2D eigenvalue weighted by atomic mass is 16.3. The van der Waals surface area contributed by atoms with Crippen LogP contribution in [-0.4, -0.2) is 17.8 Å². The van der Waals surface area contributed by atoms with Crippen LogP contribution in [0.1, 0.15) is 36.9 Å². The zero-order valence-corrected chi connectivity index (χ0v) is 9.24. The number of hydrogen-bond donors (Lipinski definition) is 2. The second kappa shape index (κ2) is 4.77. The van der Waals surface area contributed by atoms with Gasteiger partial charge in [0.2, 0.25) is 0 Å².